The van der Waals surface area contributed by atoms with E-state index in [4.69, 9.17) is 10.3 Å². The van der Waals surface area contributed by atoms with E-state index in [1.807, 2.05) is 32.0 Å². The van der Waals surface area contributed by atoms with E-state index >= 15 is 0 Å². The second kappa shape index (κ2) is 5.05. The van der Waals surface area contributed by atoms with Crippen LogP contribution in [0, 0.1) is 19.7 Å². The molecule has 0 aliphatic heterocycles. The molecule has 0 aliphatic carbocycles. The molecule has 2 aromatic carbocycles. The maximum Gasteiger partial charge on any atom is 0.177 e. The molecule has 0 saturated heterocycles. The van der Waals surface area contributed by atoms with Crippen LogP contribution >= 0.6 is 0 Å². The summed E-state index contributed by atoms with van der Waals surface area (Å²) >= 11 is 0. The summed E-state index contributed by atoms with van der Waals surface area (Å²) in [6.07, 6.45) is 0. The van der Waals surface area contributed by atoms with Crippen LogP contribution in [-0.2, 0) is 0 Å². The number of nitrogens with two attached hydrogens (primary N) is 1. The van der Waals surface area contributed by atoms with Crippen LogP contribution in [0.5, 0.6) is 0 Å². The number of anilines is 1. The van der Waals surface area contributed by atoms with Gasteiger partial charge in [-0.1, -0.05) is 47.1 Å². The van der Waals surface area contributed by atoms with E-state index in [9.17, 15) is 4.39 Å². The topological polar surface area (TPSA) is 52.0 Å². The molecule has 0 unspecified atom stereocenters. The largest absolute Gasteiger partial charge is 0.380 e. The van der Waals surface area contributed by atoms with Gasteiger partial charge in [0.05, 0.1) is 5.56 Å². The Kier molecular flexibility index (Phi) is 3.22. The summed E-state index contributed by atoms with van der Waals surface area (Å²) in [6.45, 7) is 4.00. The van der Waals surface area contributed by atoms with Crippen LogP contribution in [0.15, 0.2) is 47.0 Å². The Bertz CT molecular complexity index is 808. The van der Waals surface area contributed by atoms with E-state index < -0.39 is 0 Å². The molecule has 1 heterocycles. The lowest BCUT2D eigenvalue weighted by atomic mass is 9.97. The predicted molar refractivity (Wildman–Crippen MR) is 81.2 cm³/mol. The van der Waals surface area contributed by atoms with Crippen molar-refractivity contribution in [2.45, 2.75) is 13.8 Å². The summed E-state index contributed by atoms with van der Waals surface area (Å²) in [6, 6.07) is 12.4. The zero-order valence-electron chi connectivity index (χ0n) is 11.9. The average molecular weight is 282 g/mol. The van der Waals surface area contributed by atoms with Gasteiger partial charge in [-0.2, -0.15) is 0 Å². The fraction of sp³-hybridized carbons (Fsp3) is 0.118. The van der Waals surface area contributed by atoms with Gasteiger partial charge in [-0.15, -0.1) is 0 Å². The fourth-order valence-electron chi connectivity index (χ4n) is 2.48. The maximum atomic E-state index is 14.1. The zero-order chi connectivity index (χ0) is 15.0. The van der Waals surface area contributed by atoms with Crippen molar-refractivity contribution in [2.75, 3.05) is 5.73 Å². The zero-order valence-corrected chi connectivity index (χ0v) is 11.9. The Morgan fingerprint density at radius 3 is 2.52 bits per heavy atom. The first-order valence-corrected chi connectivity index (χ1v) is 6.65. The summed E-state index contributed by atoms with van der Waals surface area (Å²) in [7, 11) is 0. The highest BCUT2D eigenvalue weighted by Gasteiger charge is 2.21. The van der Waals surface area contributed by atoms with Crippen LogP contribution in [0.1, 0.15) is 11.1 Å². The normalized spacial score (nSPS) is 10.8. The first-order chi connectivity index (χ1) is 10.1. The number of nitrogens with zero attached hydrogens (tertiary/aromatic N) is 1. The summed E-state index contributed by atoms with van der Waals surface area (Å²) < 4.78 is 19.4. The molecule has 0 aliphatic rings. The first-order valence-electron chi connectivity index (χ1n) is 6.65. The van der Waals surface area contributed by atoms with Gasteiger partial charge >= 0.3 is 0 Å². The van der Waals surface area contributed by atoms with Gasteiger partial charge < -0.3 is 10.3 Å². The van der Waals surface area contributed by atoms with Crippen LogP contribution in [-0.4, -0.2) is 5.16 Å². The lowest BCUT2D eigenvalue weighted by Gasteiger charge is -2.07. The molecule has 3 aromatic rings. The molecule has 2 N–H and O–H groups in total. The summed E-state index contributed by atoms with van der Waals surface area (Å²) in [4.78, 5) is 0. The Morgan fingerprint density at radius 2 is 1.81 bits per heavy atom. The van der Waals surface area contributed by atoms with E-state index in [2.05, 4.69) is 5.16 Å². The standard InChI is InChI=1S/C17H15FN2O/c1-10-7-8-12(11(2)9-10)16-15(17(19)20-21-16)13-5-3-4-6-14(13)18/h3-9H,1-2H3,(H2,19,20). The average Bonchev–Trinajstić information content (AvgIpc) is 2.81. The molecule has 4 heteroatoms. The van der Waals surface area contributed by atoms with Crippen molar-refractivity contribution >= 4 is 5.82 Å². The lowest BCUT2D eigenvalue weighted by molar-refractivity contribution is 0.436. The van der Waals surface area contributed by atoms with Gasteiger partial charge in [0.2, 0.25) is 0 Å². The molecule has 0 atom stereocenters. The predicted octanol–water partition coefficient (Wildman–Crippen LogP) is 4.35. The number of aromatic nitrogens is 1. The highest BCUT2D eigenvalue weighted by Crippen LogP contribution is 2.38. The number of hydrogen-bond acceptors (Lipinski definition) is 3. The van der Waals surface area contributed by atoms with Gasteiger partial charge in [0.1, 0.15) is 5.82 Å². The number of hydrogen-bond donors (Lipinski definition) is 1. The fourth-order valence-corrected chi connectivity index (χ4v) is 2.48. The molecule has 0 spiro atoms. The van der Waals surface area contributed by atoms with Crippen molar-refractivity contribution in [3.63, 3.8) is 0 Å². The van der Waals surface area contributed by atoms with Crippen molar-refractivity contribution in [1.82, 2.24) is 5.16 Å². The van der Waals surface area contributed by atoms with Crippen LogP contribution < -0.4 is 5.73 Å². The Balaban J connectivity index is 2.25. The molecule has 106 valence electrons. The molecule has 0 radical (unpaired) electrons. The van der Waals surface area contributed by atoms with Crippen molar-refractivity contribution in [2.24, 2.45) is 0 Å². The van der Waals surface area contributed by atoms with E-state index in [1.54, 1.807) is 18.2 Å². The Hall–Kier alpha value is -2.62. The highest BCUT2D eigenvalue weighted by molar-refractivity contribution is 5.87. The molecule has 0 fully saturated rings. The third kappa shape index (κ3) is 2.29. The minimum Gasteiger partial charge on any atom is -0.380 e. The smallest absolute Gasteiger partial charge is 0.177 e. The number of nitrogen functional groups attached to an aromatic ring is 1. The van der Waals surface area contributed by atoms with Crippen LogP contribution in [0.2, 0.25) is 0 Å². The molecule has 0 saturated carbocycles. The molecule has 0 amide bonds. The SMILES string of the molecule is Cc1ccc(-c2onc(N)c2-c2ccccc2F)c(C)c1. The molecule has 1 aromatic heterocycles. The van der Waals surface area contributed by atoms with Crippen LogP contribution in [0.25, 0.3) is 22.5 Å². The molecular formula is C17H15FN2O. The molecule has 0 bridgehead atoms. The first kappa shape index (κ1) is 13.4. The summed E-state index contributed by atoms with van der Waals surface area (Å²) in [5.41, 5.74) is 9.83. The number of rotatable bonds is 2. The van der Waals surface area contributed by atoms with Gasteiger partial charge in [-0.25, -0.2) is 4.39 Å². The van der Waals surface area contributed by atoms with Gasteiger partial charge in [-0.3, -0.25) is 0 Å². The van der Waals surface area contributed by atoms with Gasteiger partial charge in [-0.05, 0) is 25.5 Å². The number of halogens is 1. The second-order valence-electron chi connectivity index (χ2n) is 5.07. The third-order valence-corrected chi connectivity index (χ3v) is 3.49. The van der Waals surface area contributed by atoms with Crippen molar-refractivity contribution in [3.8, 4) is 22.5 Å². The Labute approximate surface area is 122 Å². The van der Waals surface area contributed by atoms with E-state index in [1.165, 1.54) is 6.07 Å². The Morgan fingerprint density at radius 1 is 1.05 bits per heavy atom. The van der Waals surface area contributed by atoms with E-state index in [0.29, 0.717) is 16.9 Å². The molecule has 21 heavy (non-hydrogen) atoms. The van der Waals surface area contributed by atoms with Crippen molar-refractivity contribution in [1.29, 1.82) is 0 Å². The van der Waals surface area contributed by atoms with Gasteiger partial charge in [0, 0.05) is 11.1 Å². The quantitative estimate of drug-likeness (QED) is 0.760. The van der Waals surface area contributed by atoms with Gasteiger partial charge in [0.15, 0.2) is 11.6 Å². The lowest BCUT2D eigenvalue weighted by Crippen LogP contribution is -1.92. The monoisotopic (exact) mass is 282 g/mol. The van der Waals surface area contributed by atoms with Crippen molar-refractivity contribution < 1.29 is 8.91 Å². The second-order valence-corrected chi connectivity index (χ2v) is 5.07. The maximum absolute atomic E-state index is 14.1. The molecule has 3 rings (SSSR count). The summed E-state index contributed by atoms with van der Waals surface area (Å²) in [5.74, 6) is 0.337. The third-order valence-electron chi connectivity index (χ3n) is 3.49. The minimum absolute atomic E-state index is 0.190. The number of aryl methyl sites for hydroxylation is 2. The van der Waals surface area contributed by atoms with Gasteiger partial charge in [0.25, 0.3) is 0 Å². The highest BCUT2D eigenvalue weighted by atomic mass is 19.1. The molecular weight excluding hydrogens is 267 g/mol. The summed E-state index contributed by atoms with van der Waals surface area (Å²) in [5, 5.41) is 3.81. The van der Waals surface area contributed by atoms with E-state index in [0.717, 1.165) is 16.7 Å². The molecule has 3 nitrogen and oxygen atoms in total. The number of benzene rings is 2. The minimum atomic E-state index is -0.349. The van der Waals surface area contributed by atoms with Crippen LogP contribution in [0.3, 0.4) is 0 Å². The van der Waals surface area contributed by atoms with E-state index in [-0.39, 0.29) is 11.6 Å². The van der Waals surface area contributed by atoms with Crippen molar-refractivity contribution in [3.05, 3.63) is 59.4 Å². The van der Waals surface area contributed by atoms with Crippen LogP contribution in [0.4, 0.5) is 10.2 Å².